The van der Waals surface area contributed by atoms with E-state index in [1.54, 1.807) is 0 Å². The highest BCUT2D eigenvalue weighted by molar-refractivity contribution is 5.67. The first-order valence-electron chi connectivity index (χ1n) is 8.95. The molecule has 4 atom stereocenters. The first-order chi connectivity index (χ1) is 10.2. The van der Waals surface area contributed by atoms with Gasteiger partial charge in [0, 0.05) is 19.1 Å². The topological polar surface area (TPSA) is 50.4 Å². The van der Waals surface area contributed by atoms with Crippen LogP contribution in [0.2, 0.25) is 0 Å². The number of hydrogen-bond donors (Lipinski definition) is 2. The predicted molar refractivity (Wildman–Crippen MR) is 89.8 cm³/mol. The van der Waals surface area contributed by atoms with E-state index < -0.39 is 5.60 Å². The van der Waals surface area contributed by atoms with Crippen molar-refractivity contribution in [1.82, 2.24) is 10.6 Å². The molecule has 2 rings (SSSR count). The SMILES string of the molecule is CC(C)C(CNC(=O)OC(C)(C)C)CNC1CC2CCC1C2. The van der Waals surface area contributed by atoms with Gasteiger partial charge in [0.15, 0.2) is 0 Å². The summed E-state index contributed by atoms with van der Waals surface area (Å²) >= 11 is 0. The molecule has 4 heteroatoms. The first kappa shape index (κ1) is 17.6. The van der Waals surface area contributed by atoms with Gasteiger partial charge in [-0.2, -0.15) is 0 Å². The minimum atomic E-state index is -0.432. The number of amides is 1. The maximum Gasteiger partial charge on any atom is 0.407 e. The molecule has 1 amide bonds. The van der Waals surface area contributed by atoms with Crippen LogP contribution >= 0.6 is 0 Å². The molecule has 2 bridgehead atoms. The monoisotopic (exact) mass is 310 g/mol. The van der Waals surface area contributed by atoms with Crippen molar-refractivity contribution in [1.29, 1.82) is 0 Å². The lowest BCUT2D eigenvalue weighted by Crippen LogP contribution is -2.43. The third-order valence-electron chi connectivity index (χ3n) is 5.23. The highest BCUT2D eigenvalue weighted by atomic mass is 16.6. The Hall–Kier alpha value is -0.770. The van der Waals surface area contributed by atoms with Crippen molar-refractivity contribution >= 4 is 6.09 Å². The Morgan fingerprint density at radius 3 is 2.41 bits per heavy atom. The molecule has 0 heterocycles. The van der Waals surface area contributed by atoms with E-state index in [0.717, 1.165) is 18.4 Å². The fourth-order valence-electron chi connectivity index (χ4n) is 3.87. The molecule has 0 aliphatic heterocycles. The molecule has 0 saturated heterocycles. The summed E-state index contributed by atoms with van der Waals surface area (Å²) in [6, 6.07) is 0.710. The standard InChI is InChI=1S/C18H34N2O2/c1-12(2)15(11-20-17(21)22-18(3,4)5)10-19-16-9-13-6-7-14(16)8-13/h12-16,19H,6-11H2,1-5H3,(H,20,21). The van der Waals surface area contributed by atoms with E-state index in [2.05, 4.69) is 24.5 Å². The van der Waals surface area contributed by atoms with Crippen molar-refractivity contribution in [3.63, 3.8) is 0 Å². The average molecular weight is 310 g/mol. The fourth-order valence-corrected chi connectivity index (χ4v) is 3.87. The Kier molecular flexibility index (Phi) is 5.76. The van der Waals surface area contributed by atoms with E-state index in [9.17, 15) is 4.79 Å². The number of hydrogen-bond acceptors (Lipinski definition) is 3. The lowest BCUT2D eigenvalue weighted by Gasteiger charge is -2.28. The predicted octanol–water partition coefficient (Wildman–Crippen LogP) is 3.56. The molecule has 2 aliphatic rings. The number of alkyl carbamates (subject to hydrolysis) is 1. The second-order valence-electron chi connectivity index (χ2n) is 8.58. The van der Waals surface area contributed by atoms with Gasteiger partial charge in [0.05, 0.1) is 0 Å². The Morgan fingerprint density at radius 1 is 1.18 bits per heavy atom. The van der Waals surface area contributed by atoms with Crippen LogP contribution in [0, 0.1) is 23.7 Å². The zero-order valence-electron chi connectivity index (χ0n) is 14.9. The van der Waals surface area contributed by atoms with Crippen molar-refractivity contribution in [3.8, 4) is 0 Å². The normalized spacial score (nSPS) is 28.9. The summed E-state index contributed by atoms with van der Waals surface area (Å²) in [6.07, 6.45) is 5.33. The van der Waals surface area contributed by atoms with Crippen LogP contribution in [-0.2, 0) is 4.74 Å². The Labute approximate surface area is 135 Å². The summed E-state index contributed by atoms with van der Waals surface area (Å²) in [4.78, 5) is 11.8. The molecule has 2 fully saturated rings. The van der Waals surface area contributed by atoms with Gasteiger partial charge in [-0.1, -0.05) is 20.3 Å². The third-order valence-corrected chi connectivity index (χ3v) is 5.23. The van der Waals surface area contributed by atoms with Gasteiger partial charge in [-0.15, -0.1) is 0 Å². The molecule has 0 aromatic carbocycles. The summed E-state index contributed by atoms with van der Waals surface area (Å²) in [7, 11) is 0. The van der Waals surface area contributed by atoms with E-state index in [1.807, 2.05) is 20.8 Å². The lowest BCUT2D eigenvalue weighted by molar-refractivity contribution is 0.0514. The lowest BCUT2D eigenvalue weighted by atomic mass is 9.92. The summed E-state index contributed by atoms with van der Waals surface area (Å²) in [5.74, 6) is 2.86. The molecule has 0 radical (unpaired) electrons. The van der Waals surface area contributed by atoms with Crippen LogP contribution in [0.5, 0.6) is 0 Å². The fraction of sp³-hybridized carbons (Fsp3) is 0.944. The molecular formula is C18H34N2O2. The minimum Gasteiger partial charge on any atom is -0.444 e. The molecular weight excluding hydrogens is 276 g/mol. The van der Waals surface area contributed by atoms with Crippen LogP contribution in [0.4, 0.5) is 4.79 Å². The molecule has 0 spiro atoms. The number of rotatable bonds is 6. The van der Waals surface area contributed by atoms with Gasteiger partial charge < -0.3 is 15.4 Å². The Balaban J connectivity index is 1.72. The summed E-state index contributed by atoms with van der Waals surface area (Å²) in [5.41, 5.74) is -0.432. The number of fused-ring (bicyclic) bond motifs is 2. The van der Waals surface area contributed by atoms with E-state index in [4.69, 9.17) is 4.74 Å². The van der Waals surface area contributed by atoms with Crippen molar-refractivity contribution < 1.29 is 9.53 Å². The number of ether oxygens (including phenoxy) is 1. The molecule has 2 saturated carbocycles. The maximum atomic E-state index is 11.8. The molecule has 22 heavy (non-hydrogen) atoms. The van der Waals surface area contributed by atoms with Gasteiger partial charge in [0.2, 0.25) is 0 Å². The van der Waals surface area contributed by atoms with Crippen LogP contribution < -0.4 is 10.6 Å². The summed E-state index contributed by atoms with van der Waals surface area (Å²) in [6.45, 7) is 11.8. The minimum absolute atomic E-state index is 0.307. The van der Waals surface area contributed by atoms with Crippen molar-refractivity contribution in [2.75, 3.05) is 13.1 Å². The van der Waals surface area contributed by atoms with Crippen molar-refractivity contribution in [2.45, 2.75) is 71.9 Å². The van der Waals surface area contributed by atoms with Crippen LogP contribution in [0.15, 0.2) is 0 Å². The van der Waals surface area contributed by atoms with Crippen molar-refractivity contribution in [2.24, 2.45) is 23.7 Å². The van der Waals surface area contributed by atoms with Crippen LogP contribution in [0.1, 0.15) is 60.3 Å². The molecule has 2 N–H and O–H groups in total. The molecule has 4 unspecified atom stereocenters. The van der Waals surface area contributed by atoms with Crippen LogP contribution in [0.3, 0.4) is 0 Å². The van der Waals surface area contributed by atoms with Gasteiger partial charge >= 0.3 is 6.09 Å². The maximum absolute atomic E-state index is 11.8. The largest absolute Gasteiger partial charge is 0.444 e. The summed E-state index contributed by atoms with van der Waals surface area (Å²) < 4.78 is 5.32. The Bertz CT molecular complexity index is 376. The van der Waals surface area contributed by atoms with Crippen LogP contribution in [0.25, 0.3) is 0 Å². The second kappa shape index (κ2) is 7.20. The number of carbonyl (C=O) groups excluding carboxylic acids is 1. The molecule has 128 valence electrons. The smallest absolute Gasteiger partial charge is 0.407 e. The zero-order valence-corrected chi connectivity index (χ0v) is 14.9. The van der Waals surface area contributed by atoms with E-state index in [-0.39, 0.29) is 6.09 Å². The first-order valence-corrected chi connectivity index (χ1v) is 8.95. The molecule has 0 aromatic rings. The van der Waals surface area contributed by atoms with E-state index in [0.29, 0.717) is 24.4 Å². The number of nitrogens with one attached hydrogen (secondary N) is 2. The quantitative estimate of drug-likeness (QED) is 0.788. The Morgan fingerprint density at radius 2 is 1.91 bits per heavy atom. The van der Waals surface area contributed by atoms with E-state index in [1.165, 1.54) is 25.7 Å². The van der Waals surface area contributed by atoms with Gasteiger partial charge in [0.25, 0.3) is 0 Å². The molecule has 4 nitrogen and oxygen atoms in total. The second-order valence-corrected chi connectivity index (χ2v) is 8.58. The third kappa shape index (κ3) is 5.15. The summed E-state index contributed by atoms with van der Waals surface area (Å²) in [5, 5.41) is 6.70. The molecule has 2 aliphatic carbocycles. The van der Waals surface area contributed by atoms with E-state index >= 15 is 0 Å². The number of carbonyl (C=O) groups is 1. The van der Waals surface area contributed by atoms with Gasteiger partial charge in [-0.25, -0.2) is 4.79 Å². The van der Waals surface area contributed by atoms with Gasteiger partial charge in [-0.05, 0) is 63.7 Å². The zero-order chi connectivity index (χ0) is 16.3. The van der Waals surface area contributed by atoms with Crippen molar-refractivity contribution in [3.05, 3.63) is 0 Å². The van der Waals surface area contributed by atoms with Crippen LogP contribution in [-0.4, -0.2) is 30.8 Å². The highest BCUT2D eigenvalue weighted by Gasteiger charge is 2.39. The van der Waals surface area contributed by atoms with Gasteiger partial charge in [-0.3, -0.25) is 0 Å². The highest BCUT2D eigenvalue weighted by Crippen LogP contribution is 2.44. The van der Waals surface area contributed by atoms with Gasteiger partial charge in [0.1, 0.15) is 5.60 Å². The average Bonchev–Trinajstić information content (AvgIpc) is 2.98. The molecule has 0 aromatic heterocycles.